The van der Waals surface area contributed by atoms with Gasteiger partial charge in [-0.15, -0.1) is 0 Å². The maximum atomic E-state index is 9.97. The Balaban J connectivity index is 2.16. The minimum absolute atomic E-state index is 0.312. The first-order chi connectivity index (χ1) is 7.76. The van der Waals surface area contributed by atoms with E-state index in [9.17, 15) is 5.11 Å². The summed E-state index contributed by atoms with van der Waals surface area (Å²) in [7, 11) is 1.61. The molecule has 16 heavy (non-hydrogen) atoms. The van der Waals surface area contributed by atoms with Gasteiger partial charge in [-0.25, -0.2) is 0 Å². The van der Waals surface area contributed by atoms with Crippen molar-refractivity contribution < 1.29 is 9.84 Å². The highest BCUT2D eigenvalue weighted by molar-refractivity contribution is 5.33. The van der Waals surface area contributed by atoms with E-state index in [1.807, 2.05) is 24.3 Å². The Hall–Kier alpha value is -1.53. The van der Waals surface area contributed by atoms with Crippen molar-refractivity contribution in [3.8, 4) is 11.8 Å². The zero-order valence-electron chi connectivity index (χ0n) is 9.26. The molecule has 2 rings (SSSR count). The predicted octanol–water partition coefficient (Wildman–Crippen LogP) is 2.07. The van der Waals surface area contributed by atoms with Crippen LogP contribution in [0.2, 0.25) is 0 Å². The van der Waals surface area contributed by atoms with Crippen LogP contribution in [0.3, 0.4) is 0 Å². The van der Waals surface area contributed by atoms with Crippen molar-refractivity contribution in [1.82, 2.24) is 0 Å². The van der Waals surface area contributed by atoms with Crippen LogP contribution in [-0.2, 0) is 0 Å². The highest BCUT2D eigenvalue weighted by Crippen LogP contribution is 2.38. The number of aliphatic hydroxyl groups excluding tert-OH is 1. The van der Waals surface area contributed by atoms with Crippen molar-refractivity contribution in [3.05, 3.63) is 29.8 Å². The smallest absolute Gasteiger partial charge is 0.118 e. The van der Waals surface area contributed by atoms with Gasteiger partial charge < -0.3 is 9.84 Å². The van der Waals surface area contributed by atoms with E-state index in [4.69, 9.17) is 10.00 Å². The normalized spacial score (nSPS) is 18.6. The van der Waals surface area contributed by atoms with E-state index in [-0.39, 0.29) is 0 Å². The summed E-state index contributed by atoms with van der Waals surface area (Å²) in [4.78, 5) is 0. The SMILES string of the molecule is COc1ccc(C(C#N)C(O)C2CC2)cc1. The van der Waals surface area contributed by atoms with E-state index in [1.165, 1.54) is 0 Å². The molecule has 1 fully saturated rings. The average molecular weight is 217 g/mol. The Morgan fingerprint density at radius 3 is 2.44 bits per heavy atom. The lowest BCUT2D eigenvalue weighted by atomic mass is 9.92. The number of methoxy groups -OCH3 is 1. The molecule has 1 aliphatic rings. The maximum absolute atomic E-state index is 9.97. The highest BCUT2D eigenvalue weighted by Gasteiger charge is 2.35. The van der Waals surface area contributed by atoms with Crippen molar-refractivity contribution in [2.24, 2.45) is 5.92 Å². The summed E-state index contributed by atoms with van der Waals surface area (Å²) < 4.78 is 5.06. The molecule has 1 aromatic carbocycles. The van der Waals surface area contributed by atoms with Crippen LogP contribution in [0, 0.1) is 17.2 Å². The zero-order chi connectivity index (χ0) is 11.5. The average Bonchev–Trinajstić information content (AvgIpc) is 3.14. The van der Waals surface area contributed by atoms with E-state index >= 15 is 0 Å². The van der Waals surface area contributed by atoms with Crippen LogP contribution >= 0.6 is 0 Å². The van der Waals surface area contributed by atoms with Gasteiger partial charge in [-0.2, -0.15) is 5.26 Å². The number of nitrogens with zero attached hydrogens (tertiary/aromatic N) is 1. The fourth-order valence-corrected chi connectivity index (χ4v) is 1.87. The first-order valence-electron chi connectivity index (χ1n) is 5.48. The standard InChI is InChI=1S/C13H15NO2/c1-16-11-6-4-9(5-7-11)12(8-14)13(15)10-2-3-10/h4-7,10,12-13,15H,2-3H2,1H3. The second-order valence-electron chi connectivity index (χ2n) is 4.21. The number of ether oxygens (including phenoxy) is 1. The largest absolute Gasteiger partial charge is 0.497 e. The molecule has 0 bridgehead atoms. The van der Waals surface area contributed by atoms with Crippen molar-refractivity contribution in [2.75, 3.05) is 7.11 Å². The van der Waals surface area contributed by atoms with Crippen LogP contribution in [0.5, 0.6) is 5.75 Å². The summed E-state index contributed by atoms with van der Waals surface area (Å²) in [6.45, 7) is 0. The molecule has 0 saturated heterocycles. The lowest BCUT2D eigenvalue weighted by molar-refractivity contribution is 0.138. The number of rotatable bonds is 4. The monoisotopic (exact) mass is 217 g/mol. The maximum Gasteiger partial charge on any atom is 0.118 e. The third-order valence-corrected chi connectivity index (χ3v) is 3.06. The lowest BCUT2D eigenvalue weighted by Crippen LogP contribution is -2.19. The third-order valence-electron chi connectivity index (χ3n) is 3.06. The third kappa shape index (κ3) is 2.17. The molecule has 3 heteroatoms. The topological polar surface area (TPSA) is 53.2 Å². The molecule has 84 valence electrons. The molecule has 1 aliphatic carbocycles. The van der Waals surface area contributed by atoms with E-state index in [0.29, 0.717) is 5.92 Å². The van der Waals surface area contributed by atoms with Crippen molar-refractivity contribution in [3.63, 3.8) is 0 Å². The Kier molecular flexibility index (Phi) is 3.12. The molecule has 3 nitrogen and oxygen atoms in total. The van der Waals surface area contributed by atoms with Gasteiger partial charge in [0.25, 0.3) is 0 Å². The Morgan fingerprint density at radius 1 is 1.38 bits per heavy atom. The fourth-order valence-electron chi connectivity index (χ4n) is 1.87. The van der Waals surface area contributed by atoms with Gasteiger partial charge >= 0.3 is 0 Å². The van der Waals surface area contributed by atoms with Crippen LogP contribution in [0.15, 0.2) is 24.3 Å². The van der Waals surface area contributed by atoms with Crippen LogP contribution < -0.4 is 4.74 Å². The first kappa shape index (κ1) is 11.0. The van der Waals surface area contributed by atoms with E-state index < -0.39 is 12.0 Å². The molecule has 1 aromatic rings. The first-order valence-corrected chi connectivity index (χ1v) is 5.48. The molecule has 1 N–H and O–H groups in total. The number of benzene rings is 1. The van der Waals surface area contributed by atoms with Crippen molar-refractivity contribution in [1.29, 1.82) is 5.26 Å². The second kappa shape index (κ2) is 4.54. The number of nitriles is 1. The molecule has 0 aliphatic heterocycles. The summed E-state index contributed by atoms with van der Waals surface area (Å²) >= 11 is 0. The van der Waals surface area contributed by atoms with Gasteiger partial charge in [0.05, 0.1) is 25.2 Å². The van der Waals surface area contributed by atoms with Gasteiger partial charge in [0.15, 0.2) is 0 Å². The van der Waals surface area contributed by atoms with Gasteiger partial charge in [-0.1, -0.05) is 12.1 Å². The van der Waals surface area contributed by atoms with Gasteiger partial charge in [-0.3, -0.25) is 0 Å². The molecule has 0 spiro atoms. The van der Waals surface area contributed by atoms with Crippen LogP contribution in [0.1, 0.15) is 24.3 Å². The molecular weight excluding hydrogens is 202 g/mol. The molecule has 1 saturated carbocycles. The van der Waals surface area contributed by atoms with E-state index in [2.05, 4.69) is 6.07 Å². The molecular formula is C13H15NO2. The van der Waals surface area contributed by atoms with Crippen LogP contribution in [0.4, 0.5) is 0 Å². The highest BCUT2D eigenvalue weighted by atomic mass is 16.5. The molecule has 0 amide bonds. The van der Waals surface area contributed by atoms with Gasteiger partial charge in [0.1, 0.15) is 5.75 Å². The summed E-state index contributed by atoms with van der Waals surface area (Å²) in [6, 6.07) is 9.51. The summed E-state index contributed by atoms with van der Waals surface area (Å²) in [5.74, 6) is 0.659. The van der Waals surface area contributed by atoms with Gasteiger partial charge in [-0.05, 0) is 36.5 Å². The van der Waals surface area contributed by atoms with E-state index in [0.717, 1.165) is 24.2 Å². The van der Waals surface area contributed by atoms with Crippen LogP contribution in [0.25, 0.3) is 0 Å². The van der Waals surface area contributed by atoms with Crippen LogP contribution in [-0.4, -0.2) is 18.3 Å². The molecule has 0 aromatic heterocycles. The summed E-state index contributed by atoms with van der Waals surface area (Å²) in [5.41, 5.74) is 0.864. The number of aliphatic hydroxyl groups is 1. The minimum Gasteiger partial charge on any atom is -0.497 e. The van der Waals surface area contributed by atoms with E-state index in [1.54, 1.807) is 7.11 Å². The Morgan fingerprint density at radius 2 is 2.00 bits per heavy atom. The van der Waals surface area contributed by atoms with Crippen molar-refractivity contribution in [2.45, 2.75) is 24.9 Å². The van der Waals surface area contributed by atoms with Crippen molar-refractivity contribution >= 4 is 0 Å². The zero-order valence-corrected chi connectivity index (χ0v) is 9.26. The molecule has 0 radical (unpaired) electrons. The molecule has 0 heterocycles. The number of hydrogen-bond donors (Lipinski definition) is 1. The molecule has 2 atom stereocenters. The summed E-state index contributed by atoms with van der Waals surface area (Å²) in [5, 5.41) is 19.1. The fraction of sp³-hybridized carbons (Fsp3) is 0.462. The minimum atomic E-state index is -0.529. The Bertz CT molecular complexity index is 389. The quantitative estimate of drug-likeness (QED) is 0.840. The molecule has 2 unspecified atom stereocenters. The second-order valence-corrected chi connectivity index (χ2v) is 4.21. The number of hydrogen-bond acceptors (Lipinski definition) is 3. The lowest BCUT2D eigenvalue weighted by Gasteiger charge is -2.16. The predicted molar refractivity (Wildman–Crippen MR) is 60.1 cm³/mol. The van der Waals surface area contributed by atoms with Gasteiger partial charge in [0, 0.05) is 0 Å². The summed E-state index contributed by atoms with van der Waals surface area (Å²) in [6.07, 6.45) is 1.55. The van der Waals surface area contributed by atoms with Gasteiger partial charge in [0.2, 0.25) is 0 Å². The Labute approximate surface area is 95.3 Å².